The number of anilines is 1. The molecule has 0 fully saturated rings. The van der Waals surface area contributed by atoms with E-state index in [0.29, 0.717) is 11.4 Å². The number of hydrogen-bond acceptors (Lipinski definition) is 7. The molecule has 0 unspecified atom stereocenters. The number of rotatable bonds is 4. The summed E-state index contributed by atoms with van der Waals surface area (Å²) in [7, 11) is -3.94. The lowest BCUT2D eigenvalue weighted by atomic mass is 10.1. The molecule has 0 spiro atoms. The quantitative estimate of drug-likeness (QED) is 0.403. The second kappa shape index (κ2) is 8.65. The Bertz CT molecular complexity index is 1570. The third-order valence-corrected chi connectivity index (χ3v) is 7.35. The Labute approximate surface area is 200 Å². The highest BCUT2D eigenvalue weighted by Crippen LogP contribution is 2.34. The SMILES string of the molecule is O=C(NCc1cnc(-c2ccc(O)cc2)nc1)c1ccc2c(c1)NC(=O)c1ccccc1S2(=O)=O. The lowest BCUT2D eigenvalue weighted by molar-refractivity contribution is 0.0949. The van der Waals surface area contributed by atoms with Crippen molar-refractivity contribution in [3.63, 3.8) is 0 Å². The highest BCUT2D eigenvalue weighted by atomic mass is 32.2. The second-order valence-electron chi connectivity index (χ2n) is 7.81. The van der Waals surface area contributed by atoms with E-state index in [9.17, 15) is 23.1 Å². The first kappa shape index (κ1) is 22.2. The lowest BCUT2D eigenvalue weighted by Gasteiger charge is -2.10. The van der Waals surface area contributed by atoms with Crippen LogP contribution < -0.4 is 10.6 Å². The molecule has 1 aliphatic rings. The van der Waals surface area contributed by atoms with Crippen molar-refractivity contribution in [1.82, 2.24) is 15.3 Å². The fourth-order valence-corrected chi connectivity index (χ4v) is 5.28. The van der Waals surface area contributed by atoms with E-state index in [1.54, 1.807) is 48.8 Å². The maximum Gasteiger partial charge on any atom is 0.257 e. The summed E-state index contributed by atoms with van der Waals surface area (Å²) in [5.74, 6) is -0.397. The molecule has 3 aromatic carbocycles. The molecule has 9 nitrogen and oxygen atoms in total. The molecule has 35 heavy (non-hydrogen) atoms. The maximum absolute atomic E-state index is 13.1. The number of aromatic hydroxyl groups is 1. The largest absolute Gasteiger partial charge is 0.508 e. The summed E-state index contributed by atoms with van der Waals surface area (Å²) in [6, 6.07) is 16.5. The predicted molar refractivity (Wildman–Crippen MR) is 127 cm³/mol. The number of carbonyl (C=O) groups excluding carboxylic acids is 2. The lowest BCUT2D eigenvalue weighted by Crippen LogP contribution is -2.23. The number of nitrogens with zero attached hydrogens (tertiary/aromatic N) is 2. The van der Waals surface area contributed by atoms with Gasteiger partial charge in [0.05, 0.1) is 21.0 Å². The number of sulfone groups is 1. The van der Waals surface area contributed by atoms with Gasteiger partial charge in [0.15, 0.2) is 5.82 Å². The number of aromatic nitrogens is 2. The average Bonchev–Trinajstić information content (AvgIpc) is 2.95. The average molecular weight is 487 g/mol. The van der Waals surface area contributed by atoms with E-state index in [-0.39, 0.29) is 38.9 Å². The minimum Gasteiger partial charge on any atom is -0.508 e. The van der Waals surface area contributed by atoms with Gasteiger partial charge in [0.2, 0.25) is 9.84 Å². The van der Waals surface area contributed by atoms with Crippen LogP contribution in [0.2, 0.25) is 0 Å². The van der Waals surface area contributed by atoms with Crippen molar-refractivity contribution in [2.45, 2.75) is 16.3 Å². The van der Waals surface area contributed by atoms with Crippen molar-refractivity contribution in [1.29, 1.82) is 0 Å². The van der Waals surface area contributed by atoms with Gasteiger partial charge in [0.25, 0.3) is 11.8 Å². The molecular weight excluding hydrogens is 468 g/mol. The normalized spacial score (nSPS) is 13.7. The number of nitrogens with one attached hydrogen (secondary N) is 2. The number of phenolic OH excluding ortho intramolecular Hbond substituents is 1. The maximum atomic E-state index is 13.1. The van der Waals surface area contributed by atoms with Gasteiger partial charge >= 0.3 is 0 Å². The van der Waals surface area contributed by atoms with Gasteiger partial charge in [-0.05, 0) is 54.6 Å². The molecule has 5 rings (SSSR count). The molecule has 174 valence electrons. The van der Waals surface area contributed by atoms with E-state index in [0.717, 1.165) is 5.56 Å². The molecule has 0 saturated heterocycles. The molecule has 1 aliphatic heterocycles. The first-order chi connectivity index (χ1) is 16.8. The van der Waals surface area contributed by atoms with Gasteiger partial charge in [0, 0.05) is 35.6 Å². The Morgan fingerprint density at radius 1 is 0.943 bits per heavy atom. The number of carbonyl (C=O) groups is 2. The molecular formula is C25H18N4O5S. The van der Waals surface area contributed by atoms with Gasteiger partial charge in [0.1, 0.15) is 5.75 Å². The van der Waals surface area contributed by atoms with E-state index in [1.807, 2.05) is 0 Å². The van der Waals surface area contributed by atoms with Crippen molar-refractivity contribution < 1.29 is 23.1 Å². The highest BCUT2D eigenvalue weighted by molar-refractivity contribution is 7.91. The zero-order valence-electron chi connectivity index (χ0n) is 18.1. The van der Waals surface area contributed by atoms with Crippen LogP contribution in [0.4, 0.5) is 5.69 Å². The molecule has 10 heteroatoms. The molecule has 3 N–H and O–H groups in total. The number of hydrogen-bond donors (Lipinski definition) is 3. The zero-order valence-corrected chi connectivity index (χ0v) is 18.9. The summed E-state index contributed by atoms with van der Waals surface area (Å²) in [5, 5.41) is 14.7. The fourth-order valence-electron chi connectivity index (χ4n) is 3.69. The Morgan fingerprint density at radius 2 is 1.66 bits per heavy atom. The highest BCUT2D eigenvalue weighted by Gasteiger charge is 2.31. The third kappa shape index (κ3) is 4.22. The summed E-state index contributed by atoms with van der Waals surface area (Å²) in [6.07, 6.45) is 3.16. The van der Waals surface area contributed by atoms with Crippen LogP contribution in [0.5, 0.6) is 5.75 Å². The second-order valence-corrected chi connectivity index (χ2v) is 9.70. The molecule has 0 bridgehead atoms. The summed E-state index contributed by atoms with van der Waals surface area (Å²) in [5.41, 5.74) is 1.67. The van der Waals surface area contributed by atoms with E-state index in [4.69, 9.17) is 0 Å². The molecule has 0 saturated carbocycles. The first-order valence-electron chi connectivity index (χ1n) is 10.5. The van der Waals surface area contributed by atoms with Crippen molar-refractivity contribution in [3.05, 3.63) is 95.8 Å². The van der Waals surface area contributed by atoms with Gasteiger partial charge in [-0.15, -0.1) is 0 Å². The van der Waals surface area contributed by atoms with Crippen LogP contribution in [0, 0.1) is 0 Å². The summed E-state index contributed by atoms with van der Waals surface area (Å²) in [6.45, 7) is 0.141. The van der Waals surface area contributed by atoms with Crippen LogP contribution >= 0.6 is 0 Å². The molecule has 1 aromatic heterocycles. The topological polar surface area (TPSA) is 138 Å². The monoisotopic (exact) mass is 486 g/mol. The Morgan fingerprint density at radius 3 is 2.40 bits per heavy atom. The minimum atomic E-state index is -3.94. The summed E-state index contributed by atoms with van der Waals surface area (Å²) < 4.78 is 26.2. The van der Waals surface area contributed by atoms with E-state index >= 15 is 0 Å². The van der Waals surface area contributed by atoms with Gasteiger partial charge in [-0.25, -0.2) is 18.4 Å². The Hall–Kier alpha value is -4.57. The van der Waals surface area contributed by atoms with Crippen molar-refractivity contribution >= 4 is 27.3 Å². The Kier molecular flexibility index (Phi) is 5.50. The first-order valence-corrected chi connectivity index (χ1v) is 12.0. The third-order valence-electron chi connectivity index (χ3n) is 5.48. The molecule has 2 heterocycles. The van der Waals surface area contributed by atoms with Crippen LogP contribution in [-0.4, -0.2) is 35.3 Å². The van der Waals surface area contributed by atoms with E-state index < -0.39 is 21.7 Å². The summed E-state index contributed by atoms with van der Waals surface area (Å²) >= 11 is 0. The van der Waals surface area contributed by atoms with Crippen LogP contribution in [0.15, 0.2) is 88.9 Å². The van der Waals surface area contributed by atoms with Crippen molar-refractivity contribution in [2.24, 2.45) is 0 Å². The van der Waals surface area contributed by atoms with E-state index in [2.05, 4.69) is 20.6 Å². The number of amides is 2. The Balaban J connectivity index is 1.33. The van der Waals surface area contributed by atoms with Crippen LogP contribution in [0.25, 0.3) is 11.4 Å². The molecule has 0 atom stereocenters. The van der Waals surface area contributed by atoms with Crippen molar-refractivity contribution in [2.75, 3.05) is 5.32 Å². The number of phenols is 1. The number of benzene rings is 3. The zero-order chi connectivity index (χ0) is 24.6. The molecule has 0 aliphatic carbocycles. The van der Waals surface area contributed by atoms with Gasteiger partial charge in [-0.3, -0.25) is 9.59 Å². The number of fused-ring (bicyclic) bond motifs is 2. The minimum absolute atomic E-state index is 0.0421. The van der Waals surface area contributed by atoms with Crippen LogP contribution in [-0.2, 0) is 16.4 Å². The molecule has 0 radical (unpaired) electrons. The van der Waals surface area contributed by atoms with Crippen molar-refractivity contribution in [3.8, 4) is 17.1 Å². The molecule has 4 aromatic rings. The summed E-state index contributed by atoms with van der Waals surface area (Å²) in [4.78, 5) is 33.7. The van der Waals surface area contributed by atoms with Crippen LogP contribution in [0.3, 0.4) is 0 Å². The standard InChI is InChI=1S/C25H18N4O5S/c30-18-8-5-16(6-9-18)23-26-12-15(13-27-23)14-28-24(31)17-7-10-22-20(11-17)29-25(32)19-3-1-2-4-21(19)35(22,33)34/h1-13,30H,14H2,(H,28,31)(H,29,32). The predicted octanol–water partition coefficient (Wildman–Crippen LogP) is 3.18. The van der Waals surface area contributed by atoms with Gasteiger partial charge in [-0.2, -0.15) is 0 Å². The molecule has 2 amide bonds. The van der Waals surface area contributed by atoms with Crippen LogP contribution in [0.1, 0.15) is 26.3 Å². The fraction of sp³-hybridized carbons (Fsp3) is 0.0400. The smallest absolute Gasteiger partial charge is 0.257 e. The van der Waals surface area contributed by atoms with Gasteiger partial charge in [-0.1, -0.05) is 12.1 Å². The van der Waals surface area contributed by atoms with E-state index in [1.165, 1.54) is 30.3 Å². The van der Waals surface area contributed by atoms with Gasteiger partial charge < -0.3 is 15.7 Å².